The Bertz CT molecular complexity index is 199. The van der Waals surface area contributed by atoms with Gasteiger partial charge in [-0.1, -0.05) is 26.7 Å². The van der Waals surface area contributed by atoms with Crippen molar-refractivity contribution in [2.75, 3.05) is 19.6 Å². The molecule has 1 saturated heterocycles. The minimum atomic E-state index is 0.806. The van der Waals surface area contributed by atoms with Crippen molar-refractivity contribution in [1.29, 1.82) is 0 Å². The number of nitrogens with two attached hydrogens (primary N) is 1. The summed E-state index contributed by atoms with van der Waals surface area (Å²) in [4.78, 5) is 2.71. The standard InChI is InChI=1S/C16H34N2/c1-4-6-16(10-11-17)7-5-12-18-13-14(2)8-9-15(18)3/h14-16H,4-13,17H2,1-3H3. The van der Waals surface area contributed by atoms with Crippen LogP contribution in [0.3, 0.4) is 0 Å². The molecule has 2 heteroatoms. The molecule has 0 radical (unpaired) electrons. The molecule has 0 aromatic rings. The van der Waals surface area contributed by atoms with E-state index in [-0.39, 0.29) is 0 Å². The van der Waals surface area contributed by atoms with Gasteiger partial charge < -0.3 is 10.6 Å². The van der Waals surface area contributed by atoms with Gasteiger partial charge in [-0.2, -0.15) is 0 Å². The zero-order valence-electron chi connectivity index (χ0n) is 12.8. The van der Waals surface area contributed by atoms with Gasteiger partial charge in [0.15, 0.2) is 0 Å². The van der Waals surface area contributed by atoms with E-state index in [1.807, 2.05) is 0 Å². The molecule has 1 heterocycles. The van der Waals surface area contributed by atoms with Gasteiger partial charge in [-0.25, -0.2) is 0 Å². The van der Waals surface area contributed by atoms with Crippen molar-refractivity contribution in [3.05, 3.63) is 0 Å². The molecular formula is C16H34N2. The number of likely N-dealkylation sites (tertiary alicyclic amines) is 1. The van der Waals surface area contributed by atoms with E-state index in [0.29, 0.717) is 0 Å². The van der Waals surface area contributed by atoms with E-state index in [0.717, 1.165) is 24.4 Å². The SMILES string of the molecule is CCCC(CCN)CCCN1CC(C)CCC1C. The fourth-order valence-electron chi connectivity index (χ4n) is 3.35. The van der Waals surface area contributed by atoms with Gasteiger partial charge in [-0.15, -0.1) is 0 Å². The molecule has 18 heavy (non-hydrogen) atoms. The van der Waals surface area contributed by atoms with Crippen molar-refractivity contribution in [3.8, 4) is 0 Å². The second-order valence-electron chi connectivity index (χ2n) is 6.40. The first kappa shape index (κ1) is 16.0. The maximum absolute atomic E-state index is 5.70. The normalized spacial score (nSPS) is 27.3. The maximum Gasteiger partial charge on any atom is 0.00671 e. The van der Waals surface area contributed by atoms with Crippen LogP contribution in [0.15, 0.2) is 0 Å². The summed E-state index contributed by atoms with van der Waals surface area (Å²) in [5, 5.41) is 0. The second kappa shape index (κ2) is 8.92. The van der Waals surface area contributed by atoms with Crippen LogP contribution in [0.4, 0.5) is 0 Å². The molecule has 108 valence electrons. The van der Waals surface area contributed by atoms with Gasteiger partial charge in [-0.3, -0.25) is 0 Å². The minimum Gasteiger partial charge on any atom is -0.330 e. The average Bonchev–Trinajstić information content (AvgIpc) is 2.34. The van der Waals surface area contributed by atoms with Gasteiger partial charge >= 0.3 is 0 Å². The summed E-state index contributed by atoms with van der Waals surface area (Å²) in [6.45, 7) is 10.6. The minimum absolute atomic E-state index is 0.806. The predicted molar refractivity (Wildman–Crippen MR) is 80.7 cm³/mol. The van der Waals surface area contributed by atoms with Crippen LogP contribution in [-0.2, 0) is 0 Å². The molecule has 0 spiro atoms. The molecule has 1 rings (SSSR count). The van der Waals surface area contributed by atoms with Crippen molar-refractivity contribution >= 4 is 0 Å². The monoisotopic (exact) mass is 254 g/mol. The largest absolute Gasteiger partial charge is 0.330 e. The topological polar surface area (TPSA) is 29.3 Å². The Morgan fingerprint density at radius 1 is 1.17 bits per heavy atom. The third kappa shape index (κ3) is 5.71. The van der Waals surface area contributed by atoms with Crippen molar-refractivity contribution in [2.24, 2.45) is 17.6 Å². The lowest BCUT2D eigenvalue weighted by Gasteiger charge is -2.37. The van der Waals surface area contributed by atoms with Crippen molar-refractivity contribution < 1.29 is 0 Å². The average molecular weight is 254 g/mol. The summed E-state index contributed by atoms with van der Waals surface area (Å²) in [6.07, 6.45) is 9.45. The number of nitrogens with zero attached hydrogens (tertiary/aromatic N) is 1. The summed E-state index contributed by atoms with van der Waals surface area (Å²) in [6, 6.07) is 0.806. The fraction of sp³-hybridized carbons (Fsp3) is 1.00. The molecule has 1 aliphatic rings. The smallest absolute Gasteiger partial charge is 0.00671 e. The molecule has 0 amide bonds. The van der Waals surface area contributed by atoms with Gasteiger partial charge in [0.25, 0.3) is 0 Å². The van der Waals surface area contributed by atoms with Crippen LogP contribution in [0.25, 0.3) is 0 Å². The summed E-state index contributed by atoms with van der Waals surface area (Å²) < 4.78 is 0. The highest BCUT2D eigenvalue weighted by atomic mass is 15.2. The molecule has 3 unspecified atom stereocenters. The lowest BCUT2D eigenvalue weighted by atomic mass is 9.92. The molecule has 0 saturated carbocycles. The van der Waals surface area contributed by atoms with E-state index < -0.39 is 0 Å². The Hall–Kier alpha value is -0.0800. The van der Waals surface area contributed by atoms with Crippen LogP contribution >= 0.6 is 0 Å². The zero-order valence-corrected chi connectivity index (χ0v) is 12.8. The highest BCUT2D eigenvalue weighted by Crippen LogP contribution is 2.23. The van der Waals surface area contributed by atoms with Gasteiger partial charge in [0.1, 0.15) is 0 Å². The Kier molecular flexibility index (Phi) is 7.92. The zero-order chi connectivity index (χ0) is 13.4. The van der Waals surface area contributed by atoms with Crippen LogP contribution in [0.2, 0.25) is 0 Å². The van der Waals surface area contributed by atoms with Crippen molar-refractivity contribution in [2.45, 2.75) is 71.8 Å². The molecule has 0 bridgehead atoms. The fourth-order valence-corrected chi connectivity index (χ4v) is 3.35. The third-order valence-electron chi connectivity index (χ3n) is 4.58. The van der Waals surface area contributed by atoms with Crippen molar-refractivity contribution in [3.63, 3.8) is 0 Å². The summed E-state index contributed by atoms with van der Waals surface area (Å²) >= 11 is 0. The van der Waals surface area contributed by atoms with E-state index in [9.17, 15) is 0 Å². The molecule has 1 aliphatic heterocycles. The molecule has 0 aromatic carbocycles. The maximum atomic E-state index is 5.70. The molecule has 2 N–H and O–H groups in total. The molecule has 2 nitrogen and oxygen atoms in total. The van der Waals surface area contributed by atoms with E-state index in [4.69, 9.17) is 5.73 Å². The third-order valence-corrected chi connectivity index (χ3v) is 4.58. The van der Waals surface area contributed by atoms with E-state index in [1.54, 1.807) is 0 Å². The first-order valence-electron chi connectivity index (χ1n) is 8.11. The Labute approximate surface area is 114 Å². The van der Waals surface area contributed by atoms with Crippen molar-refractivity contribution in [1.82, 2.24) is 4.90 Å². The van der Waals surface area contributed by atoms with Crippen LogP contribution in [0, 0.1) is 11.8 Å². The van der Waals surface area contributed by atoms with Gasteiger partial charge in [0.05, 0.1) is 0 Å². The number of hydrogen-bond donors (Lipinski definition) is 1. The van der Waals surface area contributed by atoms with Crippen LogP contribution in [0.1, 0.15) is 65.7 Å². The number of hydrogen-bond acceptors (Lipinski definition) is 2. The van der Waals surface area contributed by atoms with Crippen LogP contribution in [-0.4, -0.2) is 30.6 Å². The molecule has 0 aliphatic carbocycles. The Morgan fingerprint density at radius 3 is 2.61 bits per heavy atom. The molecule has 0 aromatic heterocycles. The Morgan fingerprint density at radius 2 is 1.94 bits per heavy atom. The first-order chi connectivity index (χ1) is 8.67. The van der Waals surface area contributed by atoms with Crippen LogP contribution < -0.4 is 5.73 Å². The second-order valence-corrected chi connectivity index (χ2v) is 6.40. The highest BCUT2D eigenvalue weighted by molar-refractivity contribution is 4.77. The highest BCUT2D eigenvalue weighted by Gasteiger charge is 2.22. The van der Waals surface area contributed by atoms with Gasteiger partial charge in [-0.05, 0) is 64.0 Å². The Balaban J connectivity index is 2.21. The molecular weight excluding hydrogens is 220 g/mol. The number of rotatable bonds is 8. The lowest BCUT2D eigenvalue weighted by Crippen LogP contribution is -2.41. The van der Waals surface area contributed by atoms with Gasteiger partial charge in [0.2, 0.25) is 0 Å². The summed E-state index contributed by atoms with van der Waals surface area (Å²) in [5.74, 6) is 1.77. The van der Waals surface area contributed by atoms with Crippen LogP contribution in [0.5, 0.6) is 0 Å². The lowest BCUT2D eigenvalue weighted by molar-refractivity contribution is 0.120. The van der Waals surface area contributed by atoms with E-state index in [1.165, 1.54) is 58.0 Å². The summed E-state index contributed by atoms with van der Waals surface area (Å²) in [5.41, 5.74) is 5.70. The molecule has 1 fully saturated rings. The van der Waals surface area contributed by atoms with E-state index in [2.05, 4.69) is 25.7 Å². The van der Waals surface area contributed by atoms with E-state index >= 15 is 0 Å². The first-order valence-corrected chi connectivity index (χ1v) is 8.11. The summed E-state index contributed by atoms with van der Waals surface area (Å²) in [7, 11) is 0. The molecule has 3 atom stereocenters. The number of piperidine rings is 1. The predicted octanol–water partition coefficient (Wildman–Crippen LogP) is 3.65. The quantitative estimate of drug-likeness (QED) is 0.716. The van der Waals surface area contributed by atoms with Gasteiger partial charge in [0, 0.05) is 12.6 Å².